The molecule has 178 valence electrons. The Hall–Kier alpha value is -0.890. The van der Waals surface area contributed by atoms with Gasteiger partial charge in [0.05, 0.1) is 12.7 Å². The lowest BCUT2D eigenvalue weighted by Gasteiger charge is -2.50. The fourth-order valence-corrected chi connectivity index (χ4v) is 4.52. The molecule has 0 aliphatic carbocycles. The first-order valence-corrected chi connectivity index (χ1v) is 10.5. The minimum absolute atomic E-state index is 0.163. The Bertz CT molecular complexity index is 682. The van der Waals surface area contributed by atoms with Crippen molar-refractivity contribution in [2.75, 3.05) is 6.61 Å². The summed E-state index contributed by atoms with van der Waals surface area (Å²) in [6.07, 6.45) is -8.86. The molecule has 11 heteroatoms. The molecule has 0 aromatic heterocycles. The summed E-state index contributed by atoms with van der Waals surface area (Å²) in [6, 6.07) is 0. The molecule has 10 atom stereocenters. The molecule has 0 amide bonds. The quantitative estimate of drug-likeness (QED) is 0.556. The van der Waals surface area contributed by atoms with Crippen LogP contribution in [0.4, 0.5) is 0 Å². The van der Waals surface area contributed by atoms with Crippen LogP contribution in [-0.2, 0) is 42.7 Å². The third-order valence-corrected chi connectivity index (χ3v) is 5.81. The molecule has 4 aliphatic heterocycles. The number of fused-ring (bicyclic) bond motifs is 2. The number of hydrogen-bond acceptors (Lipinski definition) is 11. The molecule has 0 saturated carbocycles. The van der Waals surface area contributed by atoms with Crippen LogP contribution in [0.1, 0.15) is 41.5 Å². The summed E-state index contributed by atoms with van der Waals surface area (Å²) >= 11 is 0. The smallest absolute Gasteiger partial charge is 0.303 e. The largest absolute Gasteiger partial charge is 0.457 e. The van der Waals surface area contributed by atoms with Crippen molar-refractivity contribution < 1.29 is 52.9 Å². The molecule has 2 N–H and O–H groups in total. The molecule has 0 aromatic carbocycles. The summed E-state index contributed by atoms with van der Waals surface area (Å²) in [7, 11) is 0. The first-order valence-electron chi connectivity index (χ1n) is 10.5. The van der Waals surface area contributed by atoms with E-state index in [1.54, 1.807) is 34.6 Å². The average Bonchev–Trinajstić information content (AvgIpc) is 2.97. The van der Waals surface area contributed by atoms with Crippen LogP contribution in [0.5, 0.6) is 0 Å². The zero-order chi connectivity index (χ0) is 22.7. The molecule has 1 unspecified atom stereocenters. The highest BCUT2D eigenvalue weighted by Gasteiger charge is 2.59. The topological polar surface area (TPSA) is 131 Å². The number of rotatable bonds is 3. The Morgan fingerprint density at radius 1 is 0.935 bits per heavy atom. The maximum Gasteiger partial charge on any atom is 0.303 e. The Labute approximate surface area is 180 Å². The van der Waals surface area contributed by atoms with Crippen LogP contribution in [0.15, 0.2) is 0 Å². The van der Waals surface area contributed by atoms with Crippen LogP contribution in [0.3, 0.4) is 0 Å². The average molecular weight is 448 g/mol. The van der Waals surface area contributed by atoms with Gasteiger partial charge in [-0.1, -0.05) is 0 Å². The van der Waals surface area contributed by atoms with Crippen LogP contribution < -0.4 is 0 Å². The predicted molar refractivity (Wildman–Crippen MR) is 100 cm³/mol. The standard InChI is InChI=1S/C20H32O11/c1-8-12(26-9(2)21)15-16(31-20(5,6)30-15)18(25-8)28-14-11(22)17(23)27-10-7-24-19(3,4)29-13(10)14/h8,10-18,22-23H,7H2,1-6H3/t8-,10+,11+,12-,13-,14+,15+,16+,17?,18-/m0/s1. The number of ether oxygens (including phenoxy) is 8. The molecule has 0 bridgehead atoms. The molecule has 4 saturated heterocycles. The minimum atomic E-state index is -1.48. The number of aliphatic hydroxyl groups excluding tert-OH is 2. The minimum Gasteiger partial charge on any atom is -0.457 e. The number of hydrogen-bond donors (Lipinski definition) is 2. The van der Waals surface area contributed by atoms with Crippen molar-refractivity contribution in [1.29, 1.82) is 0 Å². The summed E-state index contributed by atoms with van der Waals surface area (Å²) < 4.78 is 46.6. The molecule has 4 fully saturated rings. The molecule has 4 rings (SSSR count). The van der Waals surface area contributed by atoms with E-state index in [0.29, 0.717) is 0 Å². The Morgan fingerprint density at radius 3 is 2.26 bits per heavy atom. The van der Waals surface area contributed by atoms with E-state index in [1.807, 2.05) is 0 Å². The molecular formula is C20H32O11. The third-order valence-electron chi connectivity index (χ3n) is 5.81. The lowest BCUT2D eigenvalue weighted by molar-refractivity contribution is -0.399. The highest BCUT2D eigenvalue weighted by Crippen LogP contribution is 2.41. The monoisotopic (exact) mass is 448 g/mol. The van der Waals surface area contributed by atoms with Gasteiger partial charge in [-0.2, -0.15) is 0 Å². The molecule has 4 heterocycles. The molecule has 11 nitrogen and oxygen atoms in total. The zero-order valence-corrected chi connectivity index (χ0v) is 18.5. The van der Waals surface area contributed by atoms with Gasteiger partial charge in [0.2, 0.25) is 0 Å². The van der Waals surface area contributed by atoms with Crippen LogP contribution >= 0.6 is 0 Å². The Balaban J connectivity index is 1.57. The molecule has 0 aromatic rings. The van der Waals surface area contributed by atoms with E-state index in [0.717, 1.165) is 0 Å². The van der Waals surface area contributed by atoms with E-state index in [9.17, 15) is 15.0 Å². The highest BCUT2D eigenvalue weighted by atomic mass is 16.8. The predicted octanol–water partition coefficient (Wildman–Crippen LogP) is -0.202. The molecule has 4 aliphatic rings. The van der Waals surface area contributed by atoms with Gasteiger partial charge in [-0.15, -0.1) is 0 Å². The second-order valence-corrected chi connectivity index (χ2v) is 9.30. The van der Waals surface area contributed by atoms with Gasteiger partial charge < -0.3 is 48.1 Å². The molecular weight excluding hydrogens is 416 g/mol. The second-order valence-electron chi connectivity index (χ2n) is 9.30. The van der Waals surface area contributed by atoms with E-state index in [4.69, 9.17) is 37.9 Å². The number of esters is 1. The van der Waals surface area contributed by atoms with Gasteiger partial charge in [-0.3, -0.25) is 4.79 Å². The fraction of sp³-hybridized carbons (Fsp3) is 0.950. The SMILES string of the molecule is CC(=O)O[C@@H]1[C@H]2OC(C)(C)O[C@H]2[C@H](O[C@H]2[C@H]3OC(C)(C)OC[C@H]3OC(O)[C@@H]2O)O[C@H]1C. The summed E-state index contributed by atoms with van der Waals surface area (Å²) in [6.45, 7) is 10.2. The lowest BCUT2D eigenvalue weighted by Crippen LogP contribution is -2.67. The highest BCUT2D eigenvalue weighted by molar-refractivity contribution is 5.66. The van der Waals surface area contributed by atoms with Crippen molar-refractivity contribution >= 4 is 5.97 Å². The van der Waals surface area contributed by atoms with Crippen molar-refractivity contribution in [1.82, 2.24) is 0 Å². The first kappa shape index (κ1) is 23.3. The van der Waals surface area contributed by atoms with Crippen molar-refractivity contribution in [3.63, 3.8) is 0 Å². The van der Waals surface area contributed by atoms with Crippen molar-refractivity contribution in [2.24, 2.45) is 0 Å². The summed E-state index contributed by atoms with van der Waals surface area (Å²) in [5.41, 5.74) is 0. The van der Waals surface area contributed by atoms with E-state index in [-0.39, 0.29) is 6.61 Å². The van der Waals surface area contributed by atoms with Gasteiger partial charge in [-0.05, 0) is 34.6 Å². The normalized spacial score (nSPS) is 48.5. The van der Waals surface area contributed by atoms with Gasteiger partial charge in [-0.25, -0.2) is 0 Å². The summed E-state index contributed by atoms with van der Waals surface area (Å²) in [5, 5.41) is 20.8. The van der Waals surface area contributed by atoms with Crippen molar-refractivity contribution in [2.45, 2.75) is 115 Å². The van der Waals surface area contributed by atoms with Gasteiger partial charge >= 0.3 is 5.97 Å². The molecule has 31 heavy (non-hydrogen) atoms. The van der Waals surface area contributed by atoms with Crippen LogP contribution in [0, 0.1) is 0 Å². The van der Waals surface area contributed by atoms with E-state index < -0.39 is 79.0 Å². The second kappa shape index (κ2) is 8.15. The maximum atomic E-state index is 11.6. The molecule has 0 radical (unpaired) electrons. The third kappa shape index (κ3) is 4.61. The Morgan fingerprint density at radius 2 is 1.58 bits per heavy atom. The number of aliphatic hydroxyl groups is 2. The first-order chi connectivity index (χ1) is 14.4. The van der Waals surface area contributed by atoms with Crippen LogP contribution in [-0.4, -0.2) is 95.8 Å². The van der Waals surface area contributed by atoms with Gasteiger partial charge in [0, 0.05) is 6.92 Å². The van der Waals surface area contributed by atoms with Crippen LogP contribution in [0.25, 0.3) is 0 Å². The van der Waals surface area contributed by atoms with Crippen molar-refractivity contribution in [3.05, 3.63) is 0 Å². The van der Waals surface area contributed by atoms with E-state index in [2.05, 4.69) is 0 Å². The van der Waals surface area contributed by atoms with Gasteiger partial charge in [0.1, 0.15) is 36.6 Å². The number of carbonyl (C=O) groups is 1. The summed E-state index contributed by atoms with van der Waals surface area (Å²) in [4.78, 5) is 11.6. The maximum absolute atomic E-state index is 11.6. The summed E-state index contributed by atoms with van der Waals surface area (Å²) in [5.74, 6) is -2.35. The van der Waals surface area contributed by atoms with Crippen molar-refractivity contribution in [3.8, 4) is 0 Å². The van der Waals surface area contributed by atoms with E-state index in [1.165, 1.54) is 6.92 Å². The van der Waals surface area contributed by atoms with Crippen LogP contribution in [0.2, 0.25) is 0 Å². The number of carbonyl (C=O) groups excluding carboxylic acids is 1. The lowest BCUT2D eigenvalue weighted by atomic mass is 9.96. The van der Waals surface area contributed by atoms with Gasteiger partial charge in [0.25, 0.3) is 0 Å². The van der Waals surface area contributed by atoms with Gasteiger partial charge in [0.15, 0.2) is 30.3 Å². The fourth-order valence-electron chi connectivity index (χ4n) is 4.52. The van der Waals surface area contributed by atoms with E-state index >= 15 is 0 Å². The zero-order valence-electron chi connectivity index (χ0n) is 18.5. The Kier molecular flexibility index (Phi) is 6.12. The molecule has 0 spiro atoms.